The number of carbonyl (C=O) groups is 1. The lowest BCUT2D eigenvalue weighted by molar-refractivity contribution is 0.0591. The number of aromatic nitrogens is 2. The first-order valence-electron chi connectivity index (χ1n) is 9.55. The third kappa shape index (κ3) is 4.29. The van der Waals surface area contributed by atoms with Crippen LogP contribution >= 0.6 is 0 Å². The van der Waals surface area contributed by atoms with Crippen LogP contribution in [0.15, 0.2) is 53.1 Å². The van der Waals surface area contributed by atoms with Crippen molar-refractivity contribution >= 4 is 23.9 Å². The van der Waals surface area contributed by atoms with Gasteiger partial charge in [0, 0.05) is 36.5 Å². The summed E-state index contributed by atoms with van der Waals surface area (Å²) in [6.07, 6.45) is 4.70. The van der Waals surface area contributed by atoms with E-state index in [9.17, 15) is 9.18 Å². The highest BCUT2D eigenvalue weighted by molar-refractivity contribution is 5.99. The van der Waals surface area contributed by atoms with Crippen LogP contribution in [-0.2, 0) is 12.5 Å². The number of benzene rings is 1. The van der Waals surface area contributed by atoms with E-state index in [1.54, 1.807) is 36.3 Å². The molecule has 1 aromatic heterocycles. The Kier molecular flexibility index (Phi) is 5.01. The van der Waals surface area contributed by atoms with E-state index in [2.05, 4.69) is 31.6 Å². The van der Waals surface area contributed by atoms with Crippen LogP contribution in [0, 0.1) is 5.82 Å². The number of rotatable bonds is 4. The van der Waals surface area contributed by atoms with E-state index in [0.717, 1.165) is 5.69 Å². The highest BCUT2D eigenvalue weighted by Crippen LogP contribution is 2.26. The molecule has 0 atom stereocenters. The fourth-order valence-electron chi connectivity index (χ4n) is 2.90. The van der Waals surface area contributed by atoms with E-state index in [0.29, 0.717) is 17.2 Å². The maximum Gasteiger partial charge on any atom is 0.324 e. The van der Waals surface area contributed by atoms with E-state index in [1.165, 1.54) is 23.5 Å². The Balaban J connectivity index is 1.41. The number of aliphatic imine (C=N–C) groups is 1. The first kappa shape index (κ1) is 20.3. The van der Waals surface area contributed by atoms with Gasteiger partial charge in [0.15, 0.2) is 11.6 Å². The van der Waals surface area contributed by atoms with E-state index in [-0.39, 0.29) is 16.9 Å². The largest absolute Gasteiger partial charge is 0.371 e. The van der Waals surface area contributed by atoms with Crippen LogP contribution in [0.3, 0.4) is 0 Å². The molecule has 1 aromatic carbocycles. The molecule has 0 radical (unpaired) electrons. The number of amides is 2. The summed E-state index contributed by atoms with van der Waals surface area (Å²) in [7, 11) is 1.74. The molecule has 0 fully saturated rings. The average molecular weight is 426 g/mol. The first-order valence-corrected chi connectivity index (χ1v) is 9.55. The van der Waals surface area contributed by atoms with Crippen molar-refractivity contribution in [1.29, 1.82) is 0 Å². The smallest absolute Gasteiger partial charge is 0.324 e. The minimum atomic E-state index is -0.641. The van der Waals surface area contributed by atoms with E-state index in [4.69, 9.17) is 4.84 Å². The minimum Gasteiger partial charge on any atom is -0.371 e. The summed E-state index contributed by atoms with van der Waals surface area (Å²) < 4.78 is 16.2. The molecule has 2 aromatic rings. The molecule has 0 bridgehead atoms. The van der Waals surface area contributed by atoms with Gasteiger partial charge in [-0.25, -0.2) is 14.2 Å². The number of nitrogens with one attached hydrogen (secondary N) is 4. The quantitative estimate of drug-likeness (QED) is 0.599. The summed E-state index contributed by atoms with van der Waals surface area (Å²) in [5, 5.41) is 11.1. The topological polar surface area (TPSA) is 108 Å². The summed E-state index contributed by atoms with van der Waals surface area (Å²) in [6, 6.07) is 5.44. The van der Waals surface area contributed by atoms with Crippen molar-refractivity contribution in [1.82, 2.24) is 25.7 Å². The van der Waals surface area contributed by atoms with Gasteiger partial charge in [-0.2, -0.15) is 10.2 Å². The molecule has 3 heterocycles. The highest BCUT2D eigenvalue weighted by Gasteiger charge is 2.23. The second kappa shape index (κ2) is 7.67. The zero-order valence-electron chi connectivity index (χ0n) is 17.5. The zero-order chi connectivity index (χ0) is 22.2. The summed E-state index contributed by atoms with van der Waals surface area (Å²) in [6.45, 7) is 6.11. The van der Waals surface area contributed by atoms with Gasteiger partial charge in [0.2, 0.25) is 0 Å². The second-order valence-corrected chi connectivity index (χ2v) is 8.04. The number of hydrazine groups is 1. The maximum absolute atomic E-state index is 14.6. The predicted octanol–water partition coefficient (Wildman–Crippen LogP) is 2.93. The number of fused-ring (bicyclic) bond motifs is 1. The van der Waals surface area contributed by atoms with Crippen molar-refractivity contribution in [2.24, 2.45) is 12.0 Å². The van der Waals surface area contributed by atoms with Gasteiger partial charge < -0.3 is 15.6 Å². The number of halogens is 1. The Hall–Kier alpha value is -4.02. The molecule has 10 nitrogen and oxygen atoms in total. The molecule has 0 unspecified atom stereocenters. The molecule has 2 amide bonds. The molecular weight excluding hydrogens is 403 g/mol. The standard InChI is InChI=1S/C20H23FN8O2/c1-20(2,3)17-8-18(28(4)27-17)25-19(30)24-12-5-6-16(13(21)7-12)31-29-11-22-9-14-15(29)10-23-26-14/h5-11,23,26H,1-4H3,(H2,24,25,30). The van der Waals surface area contributed by atoms with Crippen LogP contribution in [0.5, 0.6) is 5.75 Å². The van der Waals surface area contributed by atoms with E-state index in [1.807, 2.05) is 20.8 Å². The van der Waals surface area contributed by atoms with Gasteiger partial charge in [-0.3, -0.25) is 15.4 Å². The fraction of sp³-hybridized carbons (Fsp3) is 0.250. The number of hydroxylamine groups is 2. The number of aryl methyl sites for hydroxylation is 1. The summed E-state index contributed by atoms with van der Waals surface area (Å²) >= 11 is 0. The van der Waals surface area contributed by atoms with Crippen LogP contribution in [0.4, 0.5) is 20.7 Å². The Morgan fingerprint density at radius 2 is 2.03 bits per heavy atom. The van der Waals surface area contributed by atoms with Gasteiger partial charge in [0.1, 0.15) is 23.6 Å². The van der Waals surface area contributed by atoms with Crippen LogP contribution in [0.25, 0.3) is 0 Å². The van der Waals surface area contributed by atoms with Gasteiger partial charge in [-0.05, 0) is 12.1 Å². The summed E-state index contributed by atoms with van der Waals surface area (Å²) in [4.78, 5) is 22.0. The molecule has 0 saturated carbocycles. The van der Waals surface area contributed by atoms with E-state index < -0.39 is 11.8 Å². The van der Waals surface area contributed by atoms with Crippen LogP contribution < -0.4 is 26.3 Å². The zero-order valence-corrected chi connectivity index (χ0v) is 17.5. The van der Waals surface area contributed by atoms with Gasteiger partial charge in [0.05, 0.1) is 11.9 Å². The second-order valence-electron chi connectivity index (χ2n) is 8.04. The number of carbonyl (C=O) groups excluding carboxylic acids is 1. The number of urea groups is 1. The third-order valence-corrected chi connectivity index (χ3v) is 4.58. The van der Waals surface area contributed by atoms with E-state index >= 15 is 0 Å². The normalized spacial score (nSPS) is 14.8. The molecule has 0 aliphatic carbocycles. The lowest BCUT2D eigenvalue weighted by atomic mass is 9.92. The molecule has 11 heteroatoms. The molecule has 2 aliphatic rings. The maximum atomic E-state index is 14.6. The SMILES string of the molecule is Cn1nc(C(C)(C)C)cc1NC(=O)Nc1ccc(ON2C=NC=C3NNC=C32)c(F)c1. The predicted molar refractivity (Wildman–Crippen MR) is 114 cm³/mol. The summed E-state index contributed by atoms with van der Waals surface area (Å²) in [5.41, 5.74) is 8.03. The molecule has 4 rings (SSSR count). The Bertz CT molecular complexity index is 1110. The summed E-state index contributed by atoms with van der Waals surface area (Å²) in [5.74, 6) is -0.131. The number of hydrogen-bond donors (Lipinski definition) is 4. The number of anilines is 2. The minimum absolute atomic E-state index is 0.0205. The van der Waals surface area contributed by atoms with Crippen molar-refractivity contribution in [3.05, 3.63) is 59.6 Å². The lowest BCUT2D eigenvalue weighted by Gasteiger charge is -2.23. The molecule has 162 valence electrons. The number of hydrogen-bond acceptors (Lipinski definition) is 7. The Morgan fingerprint density at radius 1 is 1.23 bits per heavy atom. The molecular formula is C20H23FN8O2. The fourth-order valence-corrected chi connectivity index (χ4v) is 2.90. The molecule has 0 saturated heterocycles. The Labute approximate surface area is 178 Å². The van der Waals surface area contributed by atoms with Crippen molar-refractivity contribution in [3.8, 4) is 5.75 Å². The van der Waals surface area contributed by atoms with Gasteiger partial charge in [-0.1, -0.05) is 20.8 Å². The van der Waals surface area contributed by atoms with Crippen molar-refractivity contribution in [2.45, 2.75) is 26.2 Å². The number of nitrogens with zero attached hydrogens (tertiary/aromatic N) is 4. The Morgan fingerprint density at radius 3 is 2.74 bits per heavy atom. The van der Waals surface area contributed by atoms with Crippen LogP contribution in [0.2, 0.25) is 0 Å². The van der Waals surface area contributed by atoms with Gasteiger partial charge in [-0.15, -0.1) is 0 Å². The van der Waals surface area contributed by atoms with Crippen molar-refractivity contribution in [2.75, 3.05) is 10.6 Å². The van der Waals surface area contributed by atoms with Crippen molar-refractivity contribution < 1.29 is 14.0 Å². The van der Waals surface area contributed by atoms with Gasteiger partial charge >= 0.3 is 6.03 Å². The van der Waals surface area contributed by atoms with Crippen LogP contribution in [0.1, 0.15) is 26.5 Å². The van der Waals surface area contributed by atoms with Crippen LogP contribution in [-0.4, -0.2) is 27.2 Å². The first-order chi connectivity index (χ1) is 14.7. The molecule has 0 spiro atoms. The lowest BCUT2D eigenvalue weighted by Crippen LogP contribution is -2.30. The average Bonchev–Trinajstić information content (AvgIpc) is 3.31. The third-order valence-electron chi connectivity index (χ3n) is 4.58. The molecule has 2 aliphatic heterocycles. The van der Waals surface area contributed by atoms with Crippen molar-refractivity contribution in [3.63, 3.8) is 0 Å². The monoisotopic (exact) mass is 426 g/mol. The van der Waals surface area contributed by atoms with Gasteiger partial charge in [0.25, 0.3) is 0 Å². The highest BCUT2D eigenvalue weighted by atomic mass is 19.1. The molecule has 31 heavy (non-hydrogen) atoms. The molecule has 4 N–H and O–H groups in total.